The Balaban J connectivity index is 1.87. The van der Waals surface area contributed by atoms with E-state index in [1.807, 2.05) is 7.05 Å². The molecule has 134 valence electrons. The Bertz CT molecular complexity index is 769. The van der Waals surface area contributed by atoms with Gasteiger partial charge in [-0.3, -0.25) is 4.90 Å². The Hall–Kier alpha value is -2.19. The van der Waals surface area contributed by atoms with E-state index in [1.54, 1.807) is 13.0 Å². The third kappa shape index (κ3) is 3.91. The van der Waals surface area contributed by atoms with Crippen LogP contribution >= 0.6 is 0 Å². The highest BCUT2D eigenvalue weighted by Gasteiger charge is 2.33. The molecule has 1 unspecified atom stereocenters. The van der Waals surface area contributed by atoms with Crippen molar-refractivity contribution in [2.75, 3.05) is 26.7 Å². The number of likely N-dealkylation sites (N-methyl/N-ethyl adjacent to an activating group) is 1. The van der Waals surface area contributed by atoms with Gasteiger partial charge >= 0.3 is 6.18 Å². The second-order valence-corrected chi connectivity index (χ2v) is 6.06. The summed E-state index contributed by atoms with van der Waals surface area (Å²) in [4.78, 5) is 6.44. The molecular formula is C17H19F3N4O. The molecule has 25 heavy (non-hydrogen) atoms. The Kier molecular flexibility index (Phi) is 4.91. The molecule has 8 heteroatoms. The summed E-state index contributed by atoms with van der Waals surface area (Å²) in [5.41, 5.74) is -0.163. The van der Waals surface area contributed by atoms with Crippen molar-refractivity contribution in [2.45, 2.75) is 19.1 Å². The number of nitrogens with zero attached hydrogens (tertiary/aromatic N) is 3. The highest BCUT2D eigenvalue weighted by molar-refractivity contribution is 5.79. The summed E-state index contributed by atoms with van der Waals surface area (Å²) in [5, 5.41) is 7.23. The molecule has 0 spiro atoms. The third-order valence-corrected chi connectivity index (χ3v) is 4.26. The first-order chi connectivity index (χ1) is 11.9. The molecule has 3 rings (SSSR count). The van der Waals surface area contributed by atoms with Crippen molar-refractivity contribution in [3.05, 3.63) is 47.1 Å². The molecule has 1 aliphatic heterocycles. The topological polar surface area (TPSA) is 54.2 Å². The van der Waals surface area contributed by atoms with Crippen molar-refractivity contribution < 1.29 is 17.7 Å². The summed E-state index contributed by atoms with van der Waals surface area (Å²) in [6.45, 7) is 4.06. The molecule has 2 aromatic rings. The van der Waals surface area contributed by atoms with Crippen LogP contribution in [0.5, 0.6) is 0 Å². The van der Waals surface area contributed by atoms with Crippen molar-refractivity contribution >= 4 is 11.6 Å². The molecule has 0 bridgehead atoms. The molecule has 5 nitrogen and oxygen atoms in total. The van der Waals surface area contributed by atoms with E-state index in [9.17, 15) is 13.2 Å². The minimum atomic E-state index is -4.41. The van der Waals surface area contributed by atoms with Crippen molar-refractivity contribution in [1.29, 1.82) is 0 Å². The molecular weight excluding hydrogens is 333 g/mol. The predicted octanol–water partition coefficient (Wildman–Crippen LogP) is 3.23. The number of nitrogens with one attached hydrogen (secondary N) is 1. The lowest BCUT2D eigenvalue weighted by atomic mass is 10.0. The third-order valence-electron chi connectivity index (χ3n) is 4.26. The van der Waals surface area contributed by atoms with Gasteiger partial charge in [0.1, 0.15) is 0 Å². The first-order valence-corrected chi connectivity index (χ1v) is 7.95. The van der Waals surface area contributed by atoms with Gasteiger partial charge in [-0.05, 0) is 31.2 Å². The average molecular weight is 352 g/mol. The summed E-state index contributed by atoms with van der Waals surface area (Å²) in [6.07, 6.45) is -2.93. The number of hydrogen-bond acceptors (Lipinski definition) is 5. The maximum absolute atomic E-state index is 13.1. The zero-order valence-electron chi connectivity index (χ0n) is 14.0. The fourth-order valence-electron chi connectivity index (χ4n) is 2.87. The van der Waals surface area contributed by atoms with Gasteiger partial charge in [0.15, 0.2) is 5.82 Å². The van der Waals surface area contributed by atoms with Crippen LogP contribution in [0.1, 0.15) is 35.8 Å². The van der Waals surface area contributed by atoms with Gasteiger partial charge < -0.3 is 9.84 Å². The number of alkyl halides is 3. The van der Waals surface area contributed by atoms with Crippen molar-refractivity contribution in [3.8, 4) is 0 Å². The van der Waals surface area contributed by atoms with Crippen LogP contribution in [-0.2, 0) is 6.18 Å². The summed E-state index contributed by atoms with van der Waals surface area (Å²) in [7, 11) is 1.97. The average Bonchev–Trinajstić information content (AvgIpc) is 3.02. The smallest absolute Gasteiger partial charge is 0.335 e. The first kappa shape index (κ1) is 17.6. The standard InChI is InChI=1S/C17H19F3N4O/c1-11(12-5-3-4-6-13(12)17(18,19)20)9-15-22-16(23-25-15)14-10-21-7-8-24(14)2/h3-6,9,14,21H,7-8,10H2,1-2H3/b11-9-. The van der Waals surface area contributed by atoms with E-state index in [0.29, 0.717) is 17.9 Å². The predicted molar refractivity (Wildman–Crippen MR) is 87.5 cm³/mol. The van der Waals surface area contributed by atoms with Gasteiger partial charge in [-0.25, -0.2) is 0 Å². The van der Waals surface area contributed by atoms with Crippen LogP contribution in [-0.4, -0.2) is 41.7 Å². The Morgan fingerprint density at radius 2 is 2.12 bits per heavy atom. The normalized spacial score (nSPS) is 20.0. The lowest BCUT2D eigenvalue weighted by Crippen LogP contribution is -2.44. The second-order valence-electron chi connectivity index (χ2n) is 6.06. The van der Waals surface area contributed by atoms with Crippen LogP contribution in [0.2, 0.25) is 0 Å². The van der Waals surface area contributed by atoms with Gasteiger partial charge in [0.25, 0.3) is 5.89 Å². The van der Waals surface area contributed by atoms with E-state index < -0.39 is 11.7 Å². The molecule has 0 amide bonds. The zero-order chi connectivity index (χ0) is 18.0. The Morgan fingerprint density at radius 1 is 1.36 bits per heavy atom. The summed E-state index contributed by atoms with van der Waals surface area (Å²) in [5.74, 6) is 0.723. The van der Waals surface area contributed by atoms with E-state index >= 15 is 0 Å². The maximum atomic E-state index is 13.1. The summed E-state index contributed by atoms with van der Waals surface area (Å²) >= 11 is 0. The number of hydrogen-bond donors (Lipinski definition) is 1. The van der Waals surface area contributed by atoms with Gasteiger partial charge in [-0.15, -0.1) is 0 Å². The van der Waals surface area contributed by atoms with E-state index in [1.165, 1.54) is 18.2 Å². The van der Waals surface area contributed by atoms with E-state index in [0.717, 1.165) is 19.2 Å². The number of benzene rings is 1. The highest BCUT2D eigenvalue weighted by atomic mass is 19.4. The Morgan fingerprint density at radius 3 is 2.84 bits per heavy atom. The van der Waals surface area contributed by atoms with Crippen LogP contribution in [0.4, 0.5) is 13.2 Å². The minimum absolute atomic E-state index is 0.0117. The van der Waals surface area contributed by atoms with E-state index in [2.05, 4.69) is 20.4 Å². The van der Waals surface area contributed by atoms with Gasteiger partial charge in [0.05, 0.1) is 11.6 Å². The largest absolute Gasteiger partial charge is 0.416 e. The van der Waals surface area contributed by atoms with Gasteiger partial charge in [-0.2, -0.15) is 18.2 Å². The Labute approximate surface area is 143 Å². The molecule has 1 saturated heterocycles. The first-order valence-electron chi connectivity index (χ1n) is 7.95. The minimum Gasteiger partial charge on any atom is -0.335 e. The fraction of sp³-hybridized carbons (Fsp3) is 0.412. The van der Waals surface area contributed by atoms with Crippen molar-refractivity contribution in [1.82, 2.24) is 20.4 Å². The molecule has 0 aliphatic carbocycles. The maximum Gasteiger partial charge on any atom is 0.416 e. The fourth-order valence-corrected chi connectivity index (χ4v) is 2.87. The van der Waals surface area contributed by atoms with Crippen LogP contribution < -0.4 is 5.32 Å². The molecule has 1 atom stereocenters. The number of rotatable bonds is 3. The monoisotopic (exact) mass is 352 g/mol. The molecule has 1 aromatic carbocycles. The zero-order valence-corrected chi connectivity index (χ0v) is 14.0. The summed E-state index contributed by atoms with van der Waals surface area (Å²) < 4.78 is 44.6. The van der Waals surface area contributed by atoms with Crippen LogP contribution in [0.15, 0.2) is 28.8 Å². The molecule has 1 aromatic heterocycles. The molecule has 0 saturated carbocycles. The number of aromatic nitrogens is 2. The van der Waals surface area contributed by atoms with Crippen molar-refractivity contribution in [2.24, 2.45) is 0 Å². The number of piperazine rings is 1. The van der Waals surface area contributed by atoms with E-state index in [4.69, 9.17) is 4.52 Å². The molecule has 1 aliphatic rings. The van der Waals surface area contributed by atoms with Gasteiger partial charge in [0, 0.05) is 25.7 Å². The SMILES string of the molecule is C/C(=C/c1nc(C2CNCCN2C)no1)c1ccccc1C(F)(F)F. The molecule has 2 heterocycles. The number of halogens is 3. The quantitative estimate of drug-likeness (QED) is 0.919. The lowest BCUT2D eigenvalue weighted by Gasteiger charge is -2.30. The highest BCUT2D eigenvalue weighted by Crippen LogP contribution is 2.35. The number of allylic oxidation sites excluding steroid dienone is 1. The van der Waals surface area contributed by atoms with Gasteiger partial charge in [-0.1, -0.05) is 23.4 Å². The second kappa shape index (κ2) is 6.97. The van der Waals surface area contributed by atoms with E-state index in [-0.39, 0.29) is 17.5 Å². The molecule has 1 fully saturated rings. The van der Waals surface area contributed by atoms with Crippen LogP contribution in [0.3, 0.4) is 0 Å². The van der Waals surface area contributed by atoms with Crippen molar-refractivity contribution in [3.63, 3.8) is 0 Å². The van der Waals surface area contributed by atoms with Gasteiger partial charge in [0.2, 0.25) is 0 Å². The van der Waals surface area contributed by atoms with Crippen LogP contribution in [0.25, 0.3) is 11.6 Å². The molecule has 0 radical (unpaired) electrons. The lowest BCUT2D eigenvalue weighted by molar-refractivity contribution is -0.137. The summed E-state index contributed by atoms with van der Waals surface area (Å²) in [6, 6.07) is 5.43. The molecule has 1 N–H and O–H groups in total. The van der Waals surface area contributed by atoms with Crippen LogP contribution in [0, 0.1) is 0 Å².